The van der Waals surface area contributed by atoms with Crippen molar-refractivity contribution in [2.75, 3.05) is 7.11 Å². The average molecular weight is 341 g/mol. The zero-order chi connectivity index (χ0) is 17.4. The summed E-state index contributed by atoms with van der Waals surface area (Å²) in [7, 11) is 1.29. The van der Waals surface area contributed by atoms with Crippen LogP contribution in [0.25, 0.3) is 0 Å². The Morgan fingerprint density at radius 2 is 1.38 bits per heavy atom. The van der Waals surface area contributed by atoms with Gasteiger partial charge in [0.05, 0.1) is 11.6 Å². The molecule has 0 aliphatic rings. The molecule has 0 unspecified atom stereocenters. The molecule has 2 aromatic rings. The summed E-state index contributed by atoms with van der Waals surface area (Å²) in [5.41, 5.74) is 5.48. The van der Waals surface area contributed by atoms with Crippen LogP contribution in [0.15, 0.2) is 41.6 Å². The van der Waals surface area contributed by atoms with Gasteiger partial charge in [0.25, 0.3) is 0 Å². The Labute approximate surface area is 136 Å². The second-order valence-corrected chi connectivity index (χ2v) is 4.09. The minimum absolute atomic E-state index is 0. The second-order valence-electron chi connectivity index (χ2n) is 4.09. The fourth-order valence-electron chi connectivity index (χ4n) is 1.47. The molecule has 24 heavy (non-hydrogen) atoms. The summed E-state index contributed by atoms with van der Waals surface area (Å²) in [6, 6.07) is 7.20. The molecule has 4 nitrogen and oxygen atoms in total. The molecule has 0 saturated carbocycles. The van der Waals surface area contributed by atoms with Crippen LogP contribution < -0.4 is 5.73 Å². The van der Waals surface area contributed by atoms with E-state index in [-0.39, 0.29) is 24.4 Å². The van der Waals surface area contributed by atoms with Crippen LogP contribution in [-0.2, 0) is 4.84 Å². The van der Waals surface area contributed by atoms with Gasteiger partial charge >= 0.3 is 0 Å². The first-order chi connectivity index (χ1) is 10.8. The van der Waals surface area contributed by atoms with Gasteiger partial charge in [0.15, 0.2) is 5.84 Å². The SMILES string of the molecule is C.CO/N=C(\N)c1cc(F)cc(F)c1.N#Cc1cc(F)cc(F)c1. The molecule has 0 aliphatic heterocycles. The molecule has 8 heteroatoms. The van der Waals surface area contributed by atoms with Crippen molar-refractivity contribution >= 4 is 5.84 Å². The monoisotopic (exact) mass is 341 g/mol. The van der Waals surface area contributed by atoms with Gasteiger partial charge < -0.3 is 10.6 Å². The summed E-state index contributed by atoms with van der Waals surface area (Å²) in [6.45, 7) is 0. The molecule has 0 heterocycles. The zero-order valence-electron chi connectivity index (χ0n) is 11.9. The first-order valence-corrected chi connectivity index (χ1v) is 6.05. The summed E-state index contributed by atoms with van der Waals surface area (Å²) >= 11 is 0. The summed E-state index contributed by atoms with van der Waals surface area (Å²) < 4.78 is 49.7. The van der Waals surface area contributed by atoms with Crippen molar-refractivity contribution in [1.82, 2.24) is 0 Å². The molecule has 0 atom stereocenters. The van der Waals surface area contributed by atoms with Crippen molar-refractivity contribution in [3.05, 3.63) is 70.8 Å². The molecule has 0 saturated heterocycles. The summed E-state index contributed by atoms with van der Waals surface area (Å²) in [4.78, 5) is 4.36. The van der Waals surface area contributed by atoms with E-state index in [1.54, 1.807) is 6.07 Å². The van der Waals surface area contributed by atoms with E-state index in [0.717, 1.165) is 36.4 Å². The molecule has 0 amide bonds. The van der Waals surface area contributed by atoms with E-state index in [1.165, 1.54) is 7.11 Å². The van der Waals surface area contributed by atoms with Crippen molar-refractivity contribution in [2.24, 2.45) is 10.9 Å². The van der Waals surface area contributed by atoms with Gasteiger partial charge in [-0.05, 0) is 24.3 Å². The molecule has 0 spiro atoms. The number of halogens is 4. The molecule has 0 aliphatic carbocycles. The number of nitriles is 1. The van der Waals surface area contributed by atoms with Gasteiger partial charge in [-0.3, -0.25) is 0 Å². The fraction of sp³-hybridized carbons (Fsp3) is 0.125. The van der Waals surface area contributed by atoms with Crippen LogP contribution in [0.5, 0.6) is 0 Å². The lowest BCUT2D eigenvalue weighted by molar-refractivity contribution is 0.213. The van der Waals surface area contributed by atoms with Gasteiger partial charge in [0, 0.05) is 17.7 Å². The highest BCUT2D eigenvalue weighted by molar-refractivity contribution is 5.97. The van der Waals surface area contributed by atoms with Crippen LogP contribution in [0.4, 0.5) is 17.6 Å². The predicted octanol–water partition coefficient (Wildman–Crippen LogP) is 3.70. The number of nitrogens with zero attached hydrogens (tertiary/aromatic N) is 2. The Bertz CT molecular complexity index is 717. The Kier molecular flexibility index (Phi) is 8.58. The topological polar surface area (TPSA) is 71.4 Å². The van der Waals surface area contributed by atoms with Crippen molar-refractivity contribution in [1.29, 1.82) is 5.26 Å². The molecule has 128 valence electrons. The van der Waals surface area contributed by atoms with Crippen molar-refractivity contribution in [3.8, 4) is 6.07 Å². The predicted molar refractivity (Wildman–Crippen MR) is 81.9 cm³/mol. The molecule has 2 aromatic carbocycles. The molecule has 2 N–H and O–H groups in total. The van der Waals surface area contributed by atoms with Crippen LogP contribution in [-0.4, -0.2) is 12.9 Å². The highest BCUT2D eigenvalue weighted by Crippen LogP contribution is 2.07. The number of oxime groups is 1. The zero-order valence-corrected chi connectivity index (χ0v) is 11.9. The molecule has 0 bridgehead atoms. The molecule has 2 rings (SSSR count). The van der Waals surface area contributed by atoms with Gasteiger partial charge in [0.1, 0.15) is 30.4 Å². The minimum Gasteiger partial charge on any atom is -0.397 e. The molecular formula is C16H15F4N3O. The van der Waals surface area contributed by atoms with Crippen LogP contribution in [0, 0.1) is 34.6 Å². The van der Waals surface area contributed by atoms with Crippen molar-refractivity contribution < 1.29 is 22.4 Å². The second kappa shape index (κ2) is 9.84. The maximum atomic E-state index is 12.6. The lowest BCUT2D eigenvalue weighted by Crippen LogP contribution is -2.14. The first-order valence-electron chi connectivity index (χ1n) is 6.05. The van der Waals surface area contributed by atoms with Crippen LogP contribution >= 0.6 is 0 Å². The Morgan fingerprint density at radius 3 is 1.75 bits per heavy atom. The maximum absolute atomic E-state index is 12.6. The first kappa shape index (κ1) is 20.9. The summed E-state index contributed by atoms with van der Waals surface area (Å²) in [5.74, 6) is -2.93. The number of hydrogen-bond acceptors (Lipinski definition) is 3. The third-order valence-electron chi connectivity index (χ3n) is 2.34. The van der Waals surface area contributed by atoms with Gasteiger partial charge in [-0.1, -0.05) is 12.6 Å². The van der Waals surface area contributed by atoms with Crippen molar-refractivity contribution in [2.45, 2.75) is 7.43 Å². The normalized spacial score (nSPS) is 9.92. The highest BCUT2D eigenvalue weighted by atomic mass is 19.1. The minimum atomic E-state index is -0.725. The van der Waals surface area contributed by atoms with Crippen LogP contribution in [0.1, 0.15) is 18.6 Å². The Balaban J connectivity index is 0.000000436. The van der Waals surface area contributed by atoms with Crippen LogP contribution in [0.3, 0.4) is 0 Å². The number of benzene rings is 2. The molecule has 0 aromatic heterocycles. The number of amidine groups is 1. The van der Waals surface area contributed by atoms with Gasteiger partial charge in [-0.15, -0.1) is 0 Å². The van der Waals surface area contributed by atoms with E-state index in [9.17, 15) is 17.6 Å². The van der Waals surface area contributed by atoms with Crippen molar-refractivity contribution in [3.63, 3.8) is 0 Å². The lowest BCUT2D eigenvalue weighted by Gasteiger charge is -1.99. The lowest BCUT2D eigenvalue weighted by atomic mass is 10.2. The van der Waals surface area contributed by atoms with E-state index in [1.807, 2.05) is 0 Å². The van der Waals surface area contributed by atoms with Gasteiger partial charge in [-0.2, -0.15) is 5.26 Å². The van der Waals surface area contributed by atoms with E-state index < -0.39 is 23.3 Å². The fourth-order valence-corrected chi connectivity index (χ4v) is 1.47. The highest BCUT2D eigenvalue weighted by Gasteiger charge is 2.04. The van der Waals surface area contributed by atoms with E-state index >= 15 is 0 Å². The molecule has 0 radical (unpaired) electrons. The summed E-state index contributed by atoms with van der Waals surface area (Å²) in [5, 5.41) is 11.5. The average Bonchev–Trinajstić information content (AvgIpc) is 2.46. The number of hydrogen-bond donors (Lipinski definition) is 1. The quantitative estimate of drug-likeness (QED) is 0.392. The van der Waals surface area contributed by atoms with Gasteiger partial charge in [0.2, 0.25) is 0 Å². The van der Waals surface area contributed by atoms with E-state index in [2.05, 4.69) is 9.99 Å². The molecule has 0 fully saturated rings. The van der Waals surface area contributed by atoms with Gasteiger partial charge in [-0.25, -0.2) is 17.6 Å². The number of nitrogens with two attached hydrogens (primary N) is 1. The van der Waals surface area contributed by atoms with E-state index in [0.29, 0.717) is 0 Å². The smallest absolute Gasteiger partial charge is 0.170 e. The standard InChI is InChI=1S/C8H8F2N2O.C7H3F2N.CH4/c1-13-12-8(11)5-2-6(9)4-7(10)3-5;8-6-1-5(4-10)2-7(9)3-6;/h2-4H,1H3,(H2,11,12);1-3H;1H4. The Morgan fingerprint density at radius 1 is 0.958 bits per heavy atom. The van der Waals surface area contributed by atoms with E-state index in [4.69, 9.17) is 11.0 Å². The molecular weight excluding hydrogens is 326 g/mol. The number of rotatable bonds is 2. The Hall–Kier alpha value is -3.08. The maximum Gasteiger partial charge on any atom is 0.170 e. The largest absolute Gasteiger partial charge is 0.397 e. The third-order valence-corrected chi connectivity index (χ3v) is 2.34. The van der Waals surface area contributed by atoms with Crippen LogP contribution in [0.2, 0.25) is 0 Å². The third kappa shape index (κ3) is 6.79. The summed E-state index contributed by atoms with van der Waals surface area (Å²) in [6.07, 6.45) is 0.